The summed E-state index contributed by atoms with van der Waals surface area (Å²) in [6.45, 7) is 4.56. The highest BCUT2D eigenvalue weighted by molar-refractivity contribution is 6.04. The summed E-state index contributed by atoms with van der Waals surface area (Å²) in [4.78, 5) is 44.7. The molecule has 1 atom stereocenters. The zero-order valence-corrected chi connectivity index (χ0v) is 35.1. The molecule has 6 rings (SSSR count). The standard InChI is InChI=1S/C48H55N9O4/c1-3-4-5-6-7-8-9-10-11-12-13-14-15-16-20-27-42(58)61-33-32-55-35-39(52-54-55)29-28-37-23-21-24-38-34-41(57(48(60)43(37)38)40-25-18-17-19-26-40)36(2)51-47(59)44-45(49)53-56-31-22-30-50-46(44)56/h7-8,10-11,17-19,21-26,30-31,34-36H,3-6,9,12-16,20,27,32-33H2,1-2H3,(H2,49,53)(H,51,59)/b8-7-,11-10-/t36-/m0/s1. The van der Waals surface area contributed by atoms with Gasteiger partial charge in [-0.05, 0) is 87.1 Å². The van der Waals surface area contributed by atoms with E-state index in [1.54, 1.807) is 46.9 Å². The predicted octanol–water partition coefficient (Wildman–Crippen LogP) is 8.45. The number of aromatic nitrogens is 7. The maximum absolute atomic E-state index is 14.5. The van der Waals surface area contributed by atoms with Crippen molar-refractivity contribution in [2.75, 3.05) is 12.3 Å². The lowest BCUT2D eigenvalue weighted by atomic mass is 10.0. The van der Waals surface area contributed by atoms with Gasteiger partial charge in [0.1, 0.15) is 12.2 Å². The van der Waals surface area contributed by atoms with Gasteiger partial charge in [-0.15, -0.1) is 10.2 Å². The van der Waals surface area contributed by atoms with Crippen molar-refractivity contribution in [3.8, 4) is 17.5 Å². The highest BCUT2D eigenvalue weighted by Crippen LogP contribution is 2.25. The molecule has 0 aliphatic heterocycles. The maximum Gasteiger partial charge on any atom is 0.305 e. The van der Waals surface area contributed by atoms with Crippen LogP contribution >= 0.6 is 0 Å². The molecule has 0 fully saturated rings. The smallest absolute Gasteiger partial charge is 0.305 e. The Kier molecular flexibility index (Phi) is 16.2. The normalized spacial score (nSPS) is 12.0. The van der Waals surface area contributed by atoms with E-state index in [0.29, 0.717) is 52.0 Å². The van der Waals surface area contributed by atoms with Crippen molar-refractivity contribution >= 4 is 34.1 Å². The van der Waals surface area contributed by atoms with Gasteiger partial charge in [-0.2, -0.15) is 0 Å². The molecule has 1 amide bonds. The molecule has 13 heteroatoms. The molecule has 0 radical (unpaired) electrons. The summed E-state index contributed by atoms with van der Waals surface area (Å²) < 4.78 is 10.1. The van der Waals surface area contributed by atoms with Gasteiger partial charge >= 0.3 is 5.97 Å². The number of unbranched alkanes of at least 4 members (excludes halogenated alkanes) is 8. The minimum Gasteiger partial charge on any atom is -0.464 e. The third-order valence-corrected chi connectivity index (χ3v) is 10.3. The Bertz CT molecular complexity index is 2580. The van der Waals surface area contributed by atoms with E-state index in [1.807, 2.05) is 48.5 Å². The van der Waals surface area contributed by atoms with Crippen LogP contribution in [-0.4, -0.2) is 52.6 Å². The Morgan fingerprint density at radius 3 is 2.49 bits per heavy atom. The summed E-state index contributed by atoms with van der Waals surface area (Å²) in [6, 6.07) is 17.6. The monoisotopic (exact) mass is 821 g/mol. The number of rotatable bonds is 21. The number of carbonyl (C=O) groups excluding carboxylic acids is 2. The van der Waals surface area contributed by atoms with Crippen LogP contribution in [-0.2, 0) is 16.1 Å². The second-order valence-corrected chi connectivity index (χ2v) is 15.0. The van der Waals surface area contributed by atoms with Crippen LogP contribution in [0.4, 0.5) is 5.82 Å². The Morgan fingerprint density at radius 2 is 1.69 bits per heavy atom. The molecule has 0 saturated heterocycles. The number of esters is 1. The Morgan fingerprint density at radius 1 is 0.918 bits per heavy atom. The lowest BCUT2D eigenvalue weighted by Crippen LogP contribution is -2.32. The van der Waals surface area contributed by atoms with Crippen LogP contribution in [0.15, 0.2) is 108 Å². The van der Waals surface area contributed by atoms with Gasteiger partial charge in [0.15, 0.2) is 17.2 Å². The Labute approximate surface area is 356 Å². The topological polar surface area (TPSA) is 164 Å². The first kappa shape index (κ1) is 43.8. The largest absolute Gasteiger partial charge is 0.464 e. The molecule has 3 N–H and O–H groups in total. The highest BCUT2D eigenvalue weighted by atomic mass is 16.5. The van der Waals surface area contributed by atoms with Gasteiger partial charge in [-0.3, -0.25) is 19.0 Å². The molecule has 316 valence electrons. The van der Waals surface area contributed by atoms with Gasteiger partial charge in [-0.25, -0.2) is 14.2 Å². The summed E-state index contributed by atoms with van der Waals surface area (Å²) >= 11 is 0. The minimum atomic E-state index is -0.627. The lowest BCUT2D eigenvalue weighted by molar-refractivity contribution is -0.144. The van der Waals surface area contributed by atoms with E-state index in [-0.39, 0.29) is 29.5 Å². The van der Waals surface area contributed by atoms with Crippen LogP contribution in [0.1, 0.15) is 124 Å². The van der Waals surface area contributed by atoms with Crippen LogP contribution in [0.25, 0.3) is 22.1 Å². The van der Waals surface area contributed by atoms with Crippen molar-refractivity contribution in [3.05, 3.63) is 136 Å². The second kappa shape index (κ2) is 22.5. The van der Waals surface area contributed by atoms with Gasteiger partial charge in [0, 0.05) is 35.8 Å². The molecule has 6 aromatic rings. The fourth-order valence-electron chi connectivity index (χ4n) is 7.11. The van der Waals surface area contributed by atoms with Crippen LogP contribution in [0.2, 0.25) is 0 Å². The van der Waals surface area contributed by atoms with Crippen molar-refractivity contribution in [3.63, 3.8) is 0 Å². The number of nitrogen functional groups attached to an aromatic ring is 1. The van der Waals surface area contributed by atoms with Crippen molar-refractivity contribution < 1.29 is 14.3 Å². The zero-order valence-electron chi connectivity index (χ0n) is 35.1. The highest BCUT2D eigenvalue weighted by Gasteiger charge is 2.24. The van der Waals surface area contributed by atoms with E-state index < -0.39 is 11.9 Å². The van der Waals surface area contributed by atoms with Gasteiger partial charge < -0.3 is 15.8 Å². The van der Waals surface area contributed by atoms with E-state index in [2.05, 4.69) is 68.8 Å². The van der Waals surface area contributed by atoms with Crippen LogP contribution < -0.4 is 16.6 Å². The maximum atomic E-state index is 14.5. The number of nitrogens with zero attached hydrogens (tertiary/aromatic N) is 7. The van der Waals surface area contributed by atoms with Crippen molar-refractivity contribution in [1.29, 1.82) is 0 Å². The summed E-state index contributed by atoms with van der Waals surface area (Å²) in [6.07, 6.45) is 26.8. The molecule has 4 heterocycles. The number of pyridine rings is 1. The molecular formula is C48H55N9O4. The number of hydrogen-bond acceptors (Lipinski definition) is 9. The quantitative estimate of drug-likeness (QED) is 0.0314. The summed E-state index contributed by atoms with van der Waals surface area (Å²) in [5, 5.41) is 16.6. The van der Waals surface area contributed by atoms with E-state index in [1.165, 1.54) is 43.0 Å². The molecule has 4 aromatic heterocycles. The number of nitrogens with one attached hydrogen (secondary N) is 1. The molecule has 0 aliphatic rings. The predicted molar refractivity (Wildman–Crippen MR) is 239 cm³/mol. The van der Waals surface area contributed by atoms with Crippen molar-refractivity contribution in [2.45, 2.75) is 103 Å². The number of hydrogen-bond donors (Lipinski definition) is 2. The molecular weight excluding hydrogens is 767 g/mol. The molecule has 0 bridgehead atoms. The van der Waals surface area contributed by atoms with E-state index in [0.717, 1.165) is 32.1 Å². The van der Waals surface area contributed by atoms with Crippen LogP contribution in [0.5, 0.6) is 0 Å². The number of benzene rings is 2. The molecule has 0 unspecified atom stereocenters. The number of anilines is 1. The van der Waals surface area contributed by atoms with Crippen LogP contribution in [0, 0.1) is 11.8 Å². The number of allylic oxidation sites excluding steroid dienone is 4. The van der Waals surface area contributed by atoms with Gasteiger partial charge in [-0.1, -0.05) is 105 Å². The van der Waals surface area contributed by atoms with Crippen molar-refractivity contribution in [1.82, 2.24) is 39.5 Å². The molecule has 0 saturated carbocycles. The lowest BCUT2D eigenvalue weighted by Gasteiger charge is -2.21. The third-order valence-electron chi connectivity index (χ3n) is 10.3. The number of amides is 1. The van der Waals surface area contributed by atoms with E-state index in [9.17, 15) is 14.4 Å². The molecule has 13 nitrogen and oxygen atoms in total. The SMILES string of the molecule is CCCCC/C=C\C/C=C\CCCCCCCC(=O)OCCn1cc(C#Cc2cccc3cc([C@H](C)NC(=O)c4c(N)nn5cccnc45)n(-c4ccccc4)c(=O)c23)nn1. The second-order valence-electron chi connectivity index (χ2n) is 15.0. The van der Waals surface area contributed by atoms with Gasteiger partial charge in [0.05, 0.1) is 24.2 Å². The molecule has 2 aromatic carbocycles. The number of nitrogens with two attached hydrogens (primary N) is 1. The number of carbonyl (C=O) groups is 2. The zero-order chi connectivity index (χ0) is 42.8. The summed E-state index contributed by atoms with van der Waals surface area (Å²) in [7, 11) is 0. The number of para-hydroxylation sites is 1. The third kappa shape index (κ3) is 12.1. The first-order chi connectivity index (χ1) is 29.8. The Balaban J connectivity index is 1.02. The Hall–Kier alpha value is -6.81. The first-order valence-electron chi connectivity index (χ1n) is 21.4. The van der Waals surface area contributed by atoms with Crippen molar-refractivity contribution in [2.24, 2.45) is 0 Å². The fraction of sp³-hybridized carbons (Fsp3) is 0.354. The minimum absolute atomic E-state index is 0.0483. The number of fused-ring (bicyclic) bond motifs is 2. The van der Waals surface area contributed by atoms with Gasteiger partial charge in [0.2, 0.25) is 0 Å². The van der Waals surface area contributed by atoms with Crippen LogP contribution in [0.3, 0.4) is 0 Å². The van der Waals surface area contributed by atoms with Gasteiger partial charge in [0.25, 0.3) is 11.5 Å². The van der Waals surface area contributed by atoms with E-state index >= 15 is 0 Å². The molecule has 0 spiro atoms. The van der Waals surface area contributed by atoms with E-state index in [4.69, 9.17) is 10.5 Å². The summed E-state index contributed by atoms with van der Waals surface area (Å²) in [5.41, 5.74) is 8.41. The summed E-state index contributed by atoms with van der Waals surface area (Å²) in [5.74, 6) is 5.53. The number of ether oxygens (including phenoxy) is 1. The average Bonchev–Trinajstić information content (AvgIpc) is 3.87. The molecule has 0 aliphatic carbocycles. The molecule has 61 heavy (non-hydrogen) atoms. The fourth-order valence-corrected chi connectivity index (χ4v) is 7.11. The average molecular weight is 822 g/mol. The first-order valence-corrected chi connectivity index (χ1v) is 21.4.